The molecule has 0 aliphatic rings. The van der Waals surface area contributed by atoms with Gasteiger partial charge < -0.3 is 5.32 Å². The topological polar surface area (TPSA) is 50.7 Å². The van der Waals surface area contributed by atoms with E-state index in [9.17, 15) is 0 Å². The van der Waals surface area contributed by atoms with Crippen LogP contribution < -0.4 is 5.32 Å². The summed E-state index contributed by atoms with van der Waals surface area (Å²) in [5, 5.41) is 6.44. The minimum Gasteiger partial charge on any atom is -0.305 e. The average molecular weight is 220 g/mol. The summed E-state index contributed by atoms with van der Waals surface area (Å²) >= 11 is 1.67. The van der Waals surface area contributed by atoms with Crippen LogP contribution >= 0.6 is 11.3 Å². The smallest absolute Gasteiger partial charge is 0.0897 e. The summed E-state index contributed by atoms with van der Waals surface area (Å²) in [7, 11) is 0. The maximum absolute atomic E-state index is 4.36. The van der Waals surface area contributed by atoms with E-state index in [0.29, 0.717) is 0 Å². The van der Waals surface area contributed by atoms with Crippen molar-refractivity contribution in [3.63, 3.8) is 0 Å². The highest BCUT2D eigenvalue weighted by Crippen LogP contribution is 2.07. The van der Waals surface area contributed by atoms with Crippen molar-refractivity contribution in [3.05, 3.63) is 40.4 Å². The minimum atomic E-state index is 0.727. The number of thiazole rings is 1. The van der Waals surface area contributed by atoms with Gasteiger partial charge in [0.25, 0.3) is 0 Å². The molecule has 0 atom stereocenters. The van der Waals surface area contributed by atoms with Crippen molar-refractivity contribution in [1.29, 1.82) is 0 Å². The summed E-state index contributed by atoms with van der Waals surface area (Å²) in [6, 6.07) is 0. The zero-order chi connectivity index (χ0) is 10.5. The van der Waals surface area contributed by atoms with E-state index < -0.39 is 0 Å². The first-order valence-electron chi connectivity index (χ1n) is 4.71. The Morgan fingerprint density at radius 1 is 1.27 bits per heavy atom. The maximum atomic E-state index is 4.36. The van der Waals surface area contributed by atoms with Crippen LogP contribution in [0.5, 0.6) is 0 Å². The molecule has 0 bridgehead atoms. The van der Waals surface area contributed by atoms with Gasteiger partial charge in [0.1, 0.15) is 0 Å². The molecule has 0 unspecified atom stereocenters. The van der Waals surface area contributed by atoms with Crippen LogP contribution in [0.1, 0.15) is 16.4 Å². The highest BCUT2D eigenvalue weighted by atomic mass is 32.1. The first-order valence-corrected chi connectivity index (χ1v) is 5.59. The number of aryl methyl sites for hydroxylation is 1. The SMILES string of the molecule is Cc1nc(CNCc2cnccn2)cs1. The number of hydrogen-bond acceptors (Lipinski definition) is 5. The lowest BCUT2D eigenvalue weighted by Crippen LogP contribution is -2.13. The largest absolute Gasteiger partial charge is 0.305 e. The first kappa shape index (κ1) is 10.2. The molecular weight excluding hydrogens is 208 g/mol. The second-order valence-electron chi connectivity index (χ2n) is 3.16. The standard InChI is InChI=1S/C10H12N4S/c1-8-14-10(7-15-8)6-12-5-9-4-11-2-3-13-9/h2-4,7,12H,5-6H2,1H3. The molecule has 2 heterocycles. The molecule has 2 aromatic rings. The molecule has 5 heteroatoms. The molecule has 0 amide bonds. The van der Waals surface area contributed by atoms with E-state index >= 15 is 0 Å². The lowest BCUT2D eigenvalue weighted by molar-refractivity contribution is 0.666. The predicted octanol–water partition coefficient (Wildman–Crippen LogP) is 1.53. The molecule has 0 saturated heterocycles. The van der Waals surface area contributed by atoms with Crippen LogP contribution in [-0.4, -0.2) is 15.0 Å². The molecule has 0 aliphatic heterocycles. The zero-order valence-corrected chi connectivity index (χ0v) is 9.29. The van der Waals surface area contributed by atoms with Gasteiger partial charge in [0.2, 0.25) is 0 Å². The molecule has 0 aromatic carbocycles. The Labute approximate surface area is 92.4 Å². The highest BCUT2D eigenvalue weighted by Gasteiger charge is 1.98. The number of rotatable bonds is 4. The van der Waals surface area contributed by atoms with Crippen molar-refractivity contribution in [2.75, 3.05) is 0 Å². The molecule has 0 fully saturated rings. The van der Waals surface area contributed by atoms with Gasteiger partial charge in [0.15, 0.2) is 0 Å². The Kier molecular flexibility index (Phi) is 3.37. The minimum absolute atomic E-state index is 0.727. The first-order chi connectivity index (χ1) is 7.34. The zero-order valence-electron chi connectivity index (χ0n) is 8.47. The summed E-state index contributed by atoms with van der Waals surface area (Å²) in [6.07, 6.45) is 5.14. The van der Waals surface area contributed by atoms with E-state index in [0.717, 1.165) is 29.5 Å². The predicted molar refractivity (Wildman–Crippen MR) is 59.4 cm³/mol. The molecule has 2 aromatic heterocycles. The third kappa shape index (κ3) is 3.07. The van der Waals surface area contributed by atoms with E-state index in [1.54, 1.807) is 29.9 Å². The number of nitrogens with one attached hydrogen (secondary N) is 1. The molecule has 0 radical (unpaired) electrons. The van der Waals surface area contributed by atoms with E-state index in [1.807, 2.05) is 6.92 Å². The Hall–Kier alpha value is -1.33. The molecule has 2 rings (SSSR count). The number of aromatic nitrogens is 3. The maximum Gasteiger partial charge on any atom is 0.0897 e. The monoisotopic (exact) mass is 220 g/mol. The number of nitrogens with zero attached hydrogens (tertiary/aromatic N) is 3. The summed E-state index contributed by atoms with van der Waals surface area (Å²) in [5.41, 5.74) is 2.03. The summed E-state index contributed by atoms with van der Waals surface area (Å²) in [6.45, 7) is 3.52. The fourth-order valence-corrected chi connectivity index (χ4v) is 1.84. The average Bonchev–Trinajstić information content (AvgIpc) is 2.66. The van der Waals surface area contributed by atoms with E-state index in [2.05, 4.69) is 25.6 Å². The van der Waals surface area contributed by atoms with Crippen LogP contribution in [0.3, 0.4) is 0 Å². The molecule has 0 saturated carbocycles. The van der Waals surface area contributed by atoms with Gasteiger partial charge in [0, 0.05) is 37.1 Å². The molecule has 0 spiro atoms. The summed E-state index contributed by atoms with van der Waals surface area (Å²) in [5.74, 6) is 0. The van der Waals surface area contributed by atoms with Gasteiger partial charge >= 0.3 is 0 Å². The van der Waals surface area contributed by atoms with Gasteiger partial charge in [-0.3, -0.25) is 9.97 Å². The third-order valence-electron chi connectivity index (χ3n) is 1.90. The Morgan fingerprint density at radius 2 is 2.13 bits per heavy atom. The molecule has 15 heavy (non-hydrogen) atoms. The van der Waals surface area contributed by atoms with Crippen LogP contribution in [0.15, 0.2) is 24.0 Å². The Balaban J connectivity index is 1.80. The van der Waals surface area contributed by atoms with Crippen LogP contribution in [0.2, 0.25) is 0 Å². The van der Waals surface area contributed by atoms with Crippen molar-refractivity contribution in [3.8, 4) is 0 Å². The van der Waals surface area contributed by atoms with Crippen molar-refractivity contribution in [2.45, 2.75) is 20.0 Å². The van der Waals surface area contributed by atoms with Crippen LogP contribution in [0.4, 0.5) is 0 Å². The van der Waals surface area contributed by atoms with Crippen molar-refractivity contribution >= 4 is 11.3 Å². The van der Waals surface area contributed by atoms with Gasteiger partial charge in [-0.1, -0.05) is 0 Å². The molecule has 78 valence electrons. The van der Waals surface area contributed by atoms with Gasteiger partial charge in [-0.05, 0) is 6.92 Å². The van der Waals surface area contributed by atoms with Crippen LogP contribution in [0.25, 0.3) is 0 Å². The molecule has 4 nitrogen and oxygen atoms in total. The quantitative estimate of drug-likeness (QED) is 0.849. The second kappa shape index (κ2) is 4.95. The van der Waals surface area contributed by atoms with E-state index in [-0.39, 0.29) is 0 Å². The molecular formula is C10H12N4S. The lowest BCUT2D eigenvalue weighted by Gasteiger charge is -2.00. The van der Waals surface area contributed by atoms with E-state index in [4.69, 9.17) is 0 Å². The molecule has 1 N–H and O–H groups in total. The van der Waals surface area contributed by atoms with Crippen molar-refractivity contribution in [2.24, 2.45) is 0 Å². The Morgan fingerprint density at radius 3 is 2.80 bits per heavy atom. The Bertz CT molecular complexity index is 412. The summed E-state index contributed by atoms with van der Waals surface area (Å²) < 4.78 is 0. The van der Waals surface area contributed by atoms with Gasteiger partial charge in [-0.2, -0.15) is 0 Å². The lowest BCUT2D eigenvalue weighted by atomic mass is 10.4. The fraction of sp³-hybridized carbons (Fsp3) is 0.300. The number of hydrogen-bond donors (Lipinski definition) is 1. The summed E-state index contributed by atoms with van der Waals surface area (Å²) in [4.78, 5) is 12.5. The van der Waals surface area contributed by atoms with Crippen molar-refractivity contribution < 1.29 is 0 Å². The van der Waals surface area contributed by atoms with E-state index in [1.165, 1.54) is 0 Å². The second-order valence-corrected chi connectivity index (χ2v) is 4.22. The van der Waals surface area contributed by atoms with Gasteiger partial charge in [0.05, 0.1) is 16.4 Å². The fourth-order valence-electron chi connectivity index (χ4n) is 1.23. The van der Waals surface area contributed by atoms with Gasteiger partial charge in [-0.25, -0.2) is 4.98 Å². The highest BCUT2D eigenvalue weighted by molar-refractivity contribution is 7.09. The van der Waals surface area contributed by atoms with Crippen LogP contribution in [-0.2, 0) is 13.1 Å². The molecule has 0 aliphatic carbocycles. The normalized spacial score (nSPS) is 10.5. The van der Waals surface area contributed by atoms with Gasteiger partial charge in [-0.15, -0.1) is 11.3 Å². The van der Waals surface area contributed by atoms with Crippen molar-refractivity contribution in [1.82, 2.24) is 20.3 Å². The van der Waals surface area contributed by atoms with Crippen LogP contribution in [0, 0.1) is 6.92 Å². The third-order valence-corrected chi connectivity index (χ3v) is 2.72.